The highest BCUT2D eigenvalue weighted by atomic mass is 32.1. The van der Waals surface area contributed by atoms with Gasteiger partial charge < -0.3 is 10.2 Å². The van der Waals surface area contributed by atoms with E-state index in [-0.39, 0.29) is 15.9 Å². The molecule has 0 aliphatic heterocycles. The van der Waals surface area contributed by atoms with Crippen LogP contribution >= 0.6 is 11.3 Å². The molecule has 0 unspecified atom stereocenters. The molecule has 0 radical (unpaired) electrons. The summed E-state index contributed by atoms with van der Waals surface area (Å²) in [7, 11) is 0. The van der Waals surface area contributed by atoms with Crippen LogP contribution in [0, 0.1) is 0 Å². The first kappa shape index (κ1) is 19.8. The van der Waals surface area contributed by atoms with Gasteiger partial charge in [-0.05, 0) is 28.8 Å². The minimum atomic E-state index is -0.971. The second-order valence-electron chi connectivity index (χ2n) is 7.61. The fraction of sp³-hybridized carbons (Fsp3) is 0.227. The Labute approximate surface area is 167 Å². The maximum Gasteiger partial charge on any atom is 0.347 e. The van der Waals surface area contributed by atoms with Gasteiger partial charge in [0.05, 0.1) is 16.3 Å². The lowest BCUT2D eigenvalue weighted by molar-refractivity contribution is 0.0688. The smallest absolute Gasteiger partial charge is 0.347 e. The first-order chi connectivity index (χ1) is 13.1. The second-order valence-corrected chi connectivity index (χ2v) is 8.61. The zero-order chi connectivity index (χ0) is 20.5. The predicted molar refractivity (Wildman–Crippen MR) is 109 cm³/mol. The summed E-state index contributed by atoms with van der Waals surface area (Å²) >= 11 is 1.22. The lowest BCUT2D eigenvalue weighted by Crippen LogP contribution is -2.10. The van der Waals surface area contributed by atoms with Gasteiger partial charge in [0.2, 0.25) is 0 Å². The summed E-state index contributed by atoms with van der Waals surface area (Å²) in [5.74, 6) is -1.94. The second kappa shape index (κ2) is 7.56. The summed E-state index contributed by atoms with van der Waals surface area (Å²) in [5, 5.41) is 19.5. The third kappa shape index (κ3) is 4.28. The van der Waals surface area contributed by atoms with Gasteiger partial charge in [-0.15, -0.1) is 11.3 Å². The van der Waals surface area contributed by atoms with E-state index in [1.54, 1.807) is 18.2 Å². The minimum absolute atomic E-state index is 0.216. The van der Waals surface area contributed by atoms with Gasteiger partial charge in [-0.25, -0.2) is 14.6 Å². The number of nitrogens with zero attached hydrogens (tertiary/aromatic N) is 1. The van der Waals surface area contributed by atoms with Gasteiger partial charge >= 0.3 is 11.9 Å². The van der Waals surface area contributed by atoms with Crippen LogP contribution in [-0.2, 0) is 11.8 Å². The summed E-state index contributed by atoms with van der Waals surface area (Å²) in [5.41, 5.74) is 3.17. The number of benzene rings is 2. The van der Waals surface area contributed by atoms with E-state index < -0.39 is 11.9 Å². The van der Waals surface area contributed by atoms with Gasteiger partial charge in [-0.2, -0.15) is 0 Å². The molecule has 0 bridgehead atoms. The summed E-state index contributed by atoms with van der Waals surface area (Å²) in [6.07, 6.45) is 0.403. The minimum Gasteiger partial charge on any atom is -0.478 e. The first-order valence-corrected chi connectivity index (χ1v) is 9.63. The average Bonchev–Trinajstić information content (AvgIpc) is 3.06. The molecule has 0 atom stereocenters. The highest BCUT2D eigenvalue weighted by Crippen LogP contribution is 2.31. The zero-order valence-corrected chi connectivity index (χ0v) is 16.7. The number of hydrogen-bond donors (Lipinski definition) is 2. The van der Waals surface area contributed by atoms with Crippen molar-refractivity contribution in [3.63, 3.8) is 0 Å². The van der Waals surface area contributed by atoms with Crippen molar-refractivity contribution in [2.45, 2.75) is 32.6 Å². The van der Waals surface area contributed by atoms with Crippen molar-refractivity contribution in [1.82, 2.24) is 4.98 Å². The van der Waals surface area contributed by atoms with E-state index in [1.165, 1.54) is 11.3 Å². The molecule has 0 aliphatic rings. The lowest BCUT2D eigenvalue weighted by atomic mass is 9.97. The molecule has 3 rings (SSSR count). The third-order valence-electron chi connectivity index (χ3n) is 4.27. The molecule has 0 fully saturated rings. The van der Waals surface area contributed by atoms with Crippen LogP contribution in [0.1, 0.15) is 57.1 Å². The number of aromatic carboxylic acids is 2. The summed E-state index contributed by atoms with van der Waals surface area (Å²) in [4.78, 5) is 27.7. The van der Waals surface area contributed by atoms with Crippen molar-refractivity contribution < 1.29 is 19.8 Å². The van der Waals surface area contributed by atoms with E-state index in [0.29, 0.717) is 12.1 Å². The number of carboxylic acids is 2. The Balaban J connectivity index is 1.96. The molecule has 28 heavy (non-hydrogen) atoms. The fourth-order valence-corrected chi connectivity index (χ4v) is 3.82. The van der Waals surface area contributed by atoms with Crippen molar-refractivity contribution in [2.24, 2.45) is 0 Å². The Morgan fingerprint density at radius 3 is 2.21 bits per heavy atom. The normalized spacial score (nSPS) is 11.4. The summed E-state index contributed by atoms with van der Waals surface area (Å²) < 4.78 is 0. The maximum atomic E-state index is 11.7. The van der Waals surface area contributed by atoms with E-state index in [9.17, 15) is 19.8 Å². The van der Waals surface area contributed by atoms with Crippen LogP contribution in [0.15, 0.2) is 48.5 Å². The average molecular weight is 395 g/mol. The van der Waals surface area contributed by atoms with Crippen LogP contribution in [0.3, 0.4) is 0 Å². The monoisotopic (exact) mass is 395 g/mol. The first-order valence-electron chi connectivity index (χ1n) is 8.81. The van der Waals surface area contributed by atoms with Crippen molar-refractivity contribution in [3.8, 4) is 11.1 Å². The molecular formula is C22H21NO4S. The number of thiazole rings is 1. The lowest BCUT2D eigenvalue weighted by Gasteiger charge is -2.13. The van der Waals surface area contributed by atoms with Gasteiger partial charge in [0.1, 0.15) is 4.88 Å². The fourth-order valence-electron chi connectivity index (χ4n) is 2.85. The third-order valence-corrected chi connectivity index (χ3v) is 5.79. The van der Waals surface area contributed by atoms with Crippen LogP contribution in [0.5, 0.6) is 0 Å². The van der Waals surface area contributed by atoms with Gasteiger partial charge in [0, 0.05) is 11.8 Å². The molecule has 6 heteroatoms. The molecule has 0 saturated carbocycles. The molecule has 0 saturated heterocycles. The molecule has 0 aliphatic carbocycles. The van der Waals surface area contributed by atoms with Crippen LogP contribution in [0.25, 0.3) is 11.1 Å². The number of hydrogen-bond acceptors (Lipinski definition) is 4. The number of carboxylic acid groups (broad SMARTS) is 2. The van der Waals surface area contributed by atoms with Crippen LogP contribution in [0.4, 0.5) is 0 Å². The molecule has 2 aromatic carbocycles. The topological polar surface area (TPSA) is 87.5 Å². The van der Waals surface area contributed by atoms with Crippen molar-refractivity contribution in [3.05, 3.63) is 75.2 Å². The molecular weight excluding hydrogens is 374 g/mol. The number of rotatable bonds is 5. The number of carbonyl (C=O) groups is 2. The standard InChI is InChI=1S/C22H21NO4S/c1-22(2,3)21-23-17(18(28-21)20(26)27)11-13-6-4-7-14(10-13)15-8-5-9-16(12-15)19(24)25/h4-10,12H,11H2,1-3H3,(H,24,25)(H,26,27). The van der Waals surface area contributed by atoms with Gasteiger partial charge in [0.25, 0.3) is 0 Å². The summed E-state index contributed by atoms with van der Waals surface area (Å²) in [6.45, 7) is 6.03. The van der Waals surface area contributed by atoms with Gasteiger partial charge in [-0.1, -0.05) is 57.2 Å². The van der Waals surface area contributed by atoms with Crippen LogP contribution in [0.2, 0.25) is 0 Å². The summed E-state index contributed by atoms with van der Waals surface area (Å²) in [6, 6.07) is 14.4. The van der Waals surface area contributed by atoms with E-state index in [2.05, 4.69) is 4.98 Å². The van der Waals surface area contributed by atoms with E-state index in [0.717, 1.165) is 21.7 Å². The number of aromatic nitrogens is 1. The Bertz CT molecular complexity index is 1050. The van der Waals surface area contributed by atoms with E-state index >= 15 is 0 Å². The van der Waals surface area contributed by atoms with E-state index in [4.69, 9.17) is 0 Å². The molecule has 0 amide bonds. The largest absolute Gasteiger partial charge is 0.478 e. The maximum absolute atomic E-state index is 11.7. The Morgan fingerprint density at radius 2 is 1.61 bits per heavy atom. The predicted octanol–water partition coefficient (Wildman–Crippen LogP) is 5.09. The molecule has 0 spiro atoms. The van der Waals surface area contributed by atoms with Crippen LogP contribution in [-0.4, -0.2) is 27.1 Å². The van der Waals surface area contributed by atoms with E-state index in [1.807, 2.05) is 51.1 Å². The SMILES string of the molecule is CC(C)(C)c1nc(Cc2cccc(-c3cccc(C(=O)O)c3)c2)c(C(=O)O)s1. The molecule has 5 nitrogen and oxygen atoms in total. The van der Waals surface area contributed by atoms with Crippen molar-refractivity contribution in [1.29, 1.82) is 0 Å². The highest BCUT2D eigenvalue weighted by Gasteiger charge is 2.24. The molecule has 1 heterocycles. The quantitative estimate of drug-likeness (QED) is 0.628. The Morgan fingerprint density at radius 1 is 0.964 bits per heavy atom. The molecule has 144 valence electrons. The highest BCUT2D eigenvalue weighted by molar-refractivity contribution is 7.13. The van der Waals surface area contributed by atoms with Crippen molar-refractivity contribution >= 4 is 23.3 Å². The Kier molecular flexibility index (Phi) is 5.34. The van der Waals surface area contributed by atoms with Gasteiger partial charge in [0.15, 0.2) is 0 Å². The molecule has 2 N–H and O–H groups in total. The van der Waals surface area contributed by atoms with Crippen molar-refractivity contribution in [2.75, 3.05) is 0 Å². The zero-order valence-electron chi connectivity index (χ0n) is 15.9. The van der Waals surface area contributed by atoms with Gasteiger partial charge in [-0.3, -0.25) is 0 Å². The molecule has 1 aromatic heterocycles. The Hall–Kier alpha value is -2.99. The van der Waals surface area contributed by atoms with Crippen LogP contribution < -0.4 is 0 Å². The molecule has 3 aromatic rings.